The van der Waals surface area contributed by atoms with Crippen LogP contribution in [0.2, 0.25) is 0 Å². The Hall–Kier alpha value is -4.36. The van der Waals surface area contributed by atoms with Crippen LogP contribution in [0.15, 0.2) is 88.7 Å². The fourth-order valence-corrected chi connectivity index (χ4v) is 7.02. The number of anilines is 1. The lowest BCUT2D eigenvalue weighted by Crippen LogP contribution is -2.50. The Balaban J connectivity index is 1.37. The number of thioether (sulfide) groups is 1. The molecule has 13 heteroatoms. The molecule has 4 rings (SSSR count). The van der Waals surface area contributed by atoms with Crippen molar-refractivity contribution in [1.82, 2.24) is 14.5 Å². The van der Waals surface area contributed by atoms with Gasteiger partial charge in [0.25, 0.3) is 21.6 Å². The van der Waals surface area contributed by atoms with E-state index in [1.54, 1.807) is 23.9 Å². The molecule has 244 valence electrons. The van der Waals surface area contributed by atoms with Gasteiger partial charge in [0.1, 0.15) is 5.69 Å². The van der Waals surface area contributed by atoms with E-state index in [4.69, 9.17) is 0 Å². The third-order valence-electron chi connectivity index (χ3n) is 7.46. The van der Waals surface area contributed by atoms with E-state index < -0.39 is 31.4 Å². The molecule has 1 aliphatic heterocycles. The number of nitrogens with zero attached hydrogens (tertiary/aromatic N) is 3. The normalized spacial score (nSPS) is 13.3. The number of nitro groups is 1. The molecule has 1 heterocycles. The highest BCUT2D eigenvalue weighted by Gasteiger charge is 2.27. The SMILES string of the molecule is CC(C)N(C(=O)N1CC=C(c2ccc(C(=O)NS(=O)(=O)c3ccc(NCCSc4ccccc4)c([N+](=O)[O-])c3)cc2)CC1)C(C)C. The van der Waals surface area contributed by atoms with Crippen LogP contribution in [0, 0.1) is 10.1 Å². The Morgan fingerprint density at radius 2 is 1.67 bits per heavy atom. The van der Waals surface area contributed by atoms with E-state index >= 15 is 0 Å². The van der Waals surface area contributed by atoms with Gasteiger partial charge in [-0.1, -0.05) is 36.4 Å². The topological polar surface area (TPSA) is 142 Å². The van der Waals surface area contributed by atoms with Crippen LogP contribution in [-0.2, 0) is 10.0 Å². The predicted molar refractivity (Wildman–Crippen MR) is 182 cm³/mol. The van der Waals surface area contributed by atoms with Gasteiger partial charge in [-0.25, -0.2) is 17.9 Å². The molecule has 3 aromatic rings. The molecule has 0 bridgehead atoms. The number of sulfonamides is 1. The first-order valence-electron chi connectivity index (χ1n) is 15.0. The fraction of sp³-hybridized carbons (Fsp3) is 0.333. The Morgan fingerprint density at radius 1 is 1.00 bits per heavy atom. The van der Waals surface area contributed by atoms with Gasteiger partial charge in [0, 0.05) is 54.0 Å². The molecule has 0 unspecified atom stereocenters. The molecule has 2 N–H and O–H groups in total. The molecule has 0 fully saturated rings. The first-order chi connectivity index (χ1) is 21.9. The minimum Gasteiger partial charge on any atom is -0.379 e. The van der Waals surface area contributed by atoms with Crippen LogP contribution in [0.1, 0.15) is 50.0 Å². The van der Waals surface area contributed by atoms with Gasteiger partial charge in [-0.15, -0.1) is 11.8 Å². The smallest absolute Gasteiger partial charge is 0.320 e. The maximum atomic E-state index is 13.0. The van der Waals surface area contributed by atoms with E-state index in [2.05, 4.69) is 5.32 Å². The fourth-order valence-electron chi connectivity index (χ4n) is 5.23. The number of urea groups is 1. The van der Waals surface area contributed by atoms with Crippen molar-refractivity contribution >= 4 is 50.7 Å². The molecule has 11 nitrogen and oxygen atoms in total. The molecule has 0 saturated carbocycles. The number of hydrogen-bond acceptors (Lipinski definition) is 8. The van der Waals surface area contributed by atoms with Gasteiger partial charge in [0.05, 0.1) is 9.82 Å². The van der Waals surface area contributed by atoms with Gasteiger partial charge in [-0.2, -0.15) is 0 Å². The number of nitrogens with one attached hydrogen (secondary N) is 2. The summed E-state index contributed by atoms with van der Waals surface area (Å²) in [6.07, 6.45) is 2.64. The second-order valence-electron chi connectivity index (χ2n) is 11.3. The van der Waals surface area contributed by atoms with Crippen LogP contribution in [0.25, 0.3) is 5.57 Å². The quantitative estimate of drug-likeness (QED) is 0.100. The number of benzene rings is 3. The zero-order valence-electron chi connectivity index (χ0n) is 26.3. The largest absolute Gasteiger partial charge is 0.379 e. The van der Waals surface area contributed by atoms with Crippen LogP contribution in [0.3, 0.4) is 0 Å². The molecule has 0 saturated heterocycles. The summed E-state index contributed by atoms with van der Waals surface area (Å²) in [5.74, 6) is -0.216. The van der Waals surface area contributed by atoms with Crippen molar-refractivity contribution in [1.29, 1.82) is 0 Å². The van der Waals surface area contributed by atoms with E-state index in [9.17, 15) is 28.1 Å². The maximum Gasteiger partial charge on any atom is 0.320 e. The number of carbonyl (C=O) groups excluding carboxylic acids is 2. The molecule has 0 atom stereocenters. The lowest BCUT2D eigenvalue weighted by molar-refractivity contribution is -0.384. The lowest BCUT2D eigenvalue weighted by Gasteiger charge is -2.37. The van der Waals surface area contributed by atoms with Gasteiger partial charge in [0.15, 0.2) is 0 Å². The van der Waals surface area contributed by atoms with Crippen molar-refractivity contribution in [3.63, 3.8) is 0 Å². The van der Waals surface area contributed by atoms with Crippen molar-refractivity contribution in [2.75, 3.05) is 30.7 Å². The third kappa shape index (κ3) is 8.67. The van der Waals surface area contributed by atoms with Crippen molar-refractivity contribution in [3.8, 4) is 0 Å². The van der Waals surface area contributed by atoms with Crippen molar-refractivity contribution in [3.05, 3.63) is 100 Å². The first-order valence-corrected chi connectivity index (χ1v) is 17.5. The molecule has 0 aromatic heterocycles. The molecule has 3 amide bonds. The zero-order valence-corrected chi connectivity index (χ0v) is 27.9. The van der Waals surface area contributed by atoms with E-state index in [0.29, 0.717) is 31.8 Å². The molecule has 0 aliphatic carbocycles. The summed E-state index contributed by atoms with van der Waals surface area (Å²) in [4.78, 5) is 41.3. The average molecular weight is 666 g/mol. The van der Waals surface area contributed by atoms with Crippen LogP contribution < -0.4 is 10.0 Å². The van der Waals surface area contributed by atoms with Crippen LogP contribution >= 0.6 is 11.8 Å². The van der Waals surface area contributed by atoms with Crippen LogP contribution in [-0.4, -0.2) is 72.6 Å². The zero-order chi connectivity index (χ0) is 33.4. The van der Waals surface area contributed by atoms with Gasteiger partial charge in [0.2, 0.25) is 0 Å². The Morgan fingerprint density at radius 3 is 2.26 bits per heavy atom. The highest BCUT2D eigenvalue weighted by molar-refractivity contribution is 7.99. The minimum atomic E-state index is -4.39. The second kappa shape index (κ2) is 15.3. The van der Waals surface area contributed by atoms with E-state index in [1.807, 2.05) is 78.6 Å². The molecule has 0 spiro atoms. The summed E-state index contributed by atoms with van der Waals surface area (Å²) in [7, 11) is -4.39. The monoisotopic (exact) mass is 665 g/mol. The van der Waals surface area contributed by atoms with E-state index in [-0.39, 0.29) is 29.4 Å². The van der Waals surface area contributed by atoms with Gasteiger partial charge in [-0.05, 0) is 81.7 Å². The second-order valence-corrected chi connectivity index (χ2v) is 14.2. The minimum absolute atomic E-state index is 0.00250. The summed E-state index contributed by atoms with van der Waals surface area (Å²) < 4.78 is 28.1. The Bertz CT molecular complexity index is 1690. The number of rotatable bonds is 12. The summed E-state index contributed by atoms with van der Waals surface area (Å²) in [5, 5.41) is 14.7. The average Bonchev–Trinajstić information content (AvgIpc) is 3.03. The third-order valence-corrected chi connectivity index (χ3v) is 9.81. The van der Waals surface area contributed by atoms with Crippen molar-refractivity contribution in [2.45, 2.75) is 56.0 Å². The maximum absolute atomic E-state index is 13.0. The standard InChI is InChI=1S/C33H39N5O6S2/c1-23(2)37(24(3)4)33(40)36-19-16-26(17-20-36)25-10-12-27(13-11-25)32(39)35-46(43,44)29-14-15-30(31(22-29)38(41)42)34-18-21-45-28-8-6-5-7-9-28/h5-16,22-24,34H,17-21H2,1-4H3,(H,35,39). The van der Waals surface area contributed by atoms with Crippen LogP contribution in [0.4, 0.5) is 16.2 Å². The Kier molecular flexibility index (Phi) is 11.5. The number of carbonyl (C=O) groups is 2. The summed E-state index contributed by atoms with van der Waals surface area (Å²) >= 11 is 1.58. The van der Waals surface area contributed by atoms with Gasteiger partial charge >= 0.3 is 6.03 Å². The molecule has 0 radical (unpaired) electrons. The van der Waals surface area contributed by atoms with Gasteiger partial charge in [-0.3, -0.25) is 14.9 Å². The van der Waals surface area contributed by atoms with Gasteiger partial charge < -0.3 is 15.1 Å². The molecule has 1 aliphatic rings. The summed E-state index contributed by atoms with van der Waals surface area (Å²) in [6.45, 7) is 9.45. The van der Waals surface area contributed by atoms with E-state index in [0.717, 1.165) is 22.1 Å². The van der Waals surface area contributed by atoms with E-state index in [1.165, 1.54) is 24.3 Å². The number of nitro benzene ring substituents is 1. The highest BCUT2D eigenvalue weighted by Crippen LogP contribution is 2.29. The lowest BCUT2D eigenvalue weighted by atomic mass is 9.98. The molecular formula is C33H39N5O6S2. The molecular weight excluding hydrogens is 627 g/mol. The highest BCUT2D eigenvalue weighted by atomic mass is 32.2. The molecule has 46 heavy (non-hydrogen) atoms. The first kappa shape index (κ1) is 34.5. The van der Waals surface area contributed by atoms with Crippen molar-refractivity contribution in [2.24, 2.45) is 0 Å². The predicted octanol–water partition coefficient (Wildman–Crippen LogP) is 6.25. The Labute approximate surface area is 274 Å². The number of amides is 3. The summed E-state index contributed by atoms with van der Waals surface area (Å²) in [6, 6.07) is 19.9. The van der Waals surface area contributed by atoms with Crippen LogP contribution in [0.5, 0.6) is 0 Å². The number of hydrogen-bond donors (Lipinski definition) is 2. The summed E-state index contributed by atoms with van der Waals surface area (Å²) in [5.41, 5.74) is 1.79. The van der Waals surface area contributed by atoms with Crippen molar-refractivity contribution < 1.29 is 22.9 Å². The molecule has 3 aromatic carbocycles.